The van der Waals surface area contributed by atoms with Crippen molar-refractivity contribution in [2.45, 2.75) is 6.42 Å². The Morgan fingerprint density at radius 3 is 3.19 bits per heavy atom. The molecule has 0 bridgehead atoms. The third kappa shape index (κ3) is 3.00. The number of amides is 1. The molecular formula is C13H16N6O2. The van der Waals surface area contributed by atoms with E-state index in [0.717, 1.165) is 24.2 Å². The van der Waals surface area contributed by atoms with E-state index in [9.17, 15) is 4.79 Å². The first-order valence-electron chi connectivity index (χ1n) is 6.68. The molecule has 8 nitrogen and oxygen atoms in total. The van der Waals surface area contributed by atoms with Gasteiger partial charge in [0.1, 0.15) is 5.69 Å². The second-order valence-corrected chi connectivity index (χ2v) is 4.85. The predicted octanol–water partition coefficient (Wildman–Crippen LogP) is 0.282. The van der Waals surface area contributed by atoms with Gasteiger partial charge in [0.15, 0.2) is 0 Å². The molecule has 110 valence electrons. The molecule has 3 heterocycles. The molecule has 0 saturated carbocycles. The maximum Gasteiger partial charge on any atom is 0.268 e. The van der Waals surface area contributed by atoms with Gasteiger partial charge in [-0.25, -0.2) is 0 Å². The summed E-state index contributed by atoms with van der Waals surface area (Å²) >= 11 is 0. The SMILES string of the molecule is Cn1cc(-c2nn[nH]n2)cc1C(=O)NCC1=CCCOC1. The first-order chi connectivity index (χ1) is 10.2. The lowest BCUT2D eigenvalue weighted by atomic mass is 10.2. The summed E-state index contributed by atoms with van der Waals surface area (Å²) in [6.45, 7) is 1.84. The van der Waals surface area contributed by atoms with Crippen LogP contribution in [0.15, 0.2) is 23.9 Å². The fraction of sp³-hybridized carbons (Fsp3) is 0.385. The van der Waals surface area contributed by atoms with Crippen molar-refractivity contribution in [1.29, 1.82) is 0 Å². The van der Waals surface area contributed by atoms with Crippen molar-refractivity contribution in [2.75, 3.05) is 19.8 Å². The van der Waals surface area contributed by atoms with Gasteiger partial charge in [-0.3, -0.25) is 4.79 Å². The van der Waals surface area contributed by atoms with Crippen LogP contribution < -0.4 is 5.32 Å². The third-order valence-corrected chi connectivity index (χ3v) is 3.30. The van der Waals surface area contributed by atoms with Crippen molar-refractivity contribution >= 4 is 5.91 Å². The number of nitrogens with zero attached hydrogens (tertiary/aromatic N) is 4. The summed E-state index contributed by atoms with van der Waals surface area (Å²) < 4.78 is 7.09. The highest BCUT2D eigenvalue weighted by Crippen LogP contribution is 2.16. The Hall–Kier alpha value is -2.48. The van der Waals surface area contributed by atoms with Gasteiger partial charge in [-0.1, -0.05) is 6.08 Å². The number of hydrogen-bond donors (Lipinski definition) is 2. The molecule has 1 aliphatic heterocycles. The van der Waals surface area contributed by atoms with E-state index in [0.29, 0.717) is 24.7 Å². The van der Waals surface area contributed by atoms with Gasteiger partial charge in [0, 0.05) is 25.4 Å². The number of rotatable bonds is 4. The lowest BCUT2D eigenvalue weighted by molar-refractivity contribution is 0.0944. The van der Waals surface area contributed by atoms with Crippen LogP contribution in [0.4, 0.5) is 0 Å². The lowest BCUT2D eigenvalue weighted by Gasteiger charge is -2.14. The molecule has 0 radical (unpaired) electrons. The van der Waals surface area contributed by atoms with Gasteiger partial charge in [-0.05, 0) is 23.3 Å². The van der Waals surface area contributed by atoms with E-state index < -0.39 is 0 Å². The van der Waals surface area contributed by atoms with Crippen LogP contribution >= 0.6 is 0 Å². The number of carbonyl (C=O) groups is 1. The molecule has 21 heavy (non-hydrogen) atoms. The molecule has 0 aliphatic carbocycles. The molecule has 8 heteroatoms. The summed E-state index contributed by atoms with van der Waals surface area (Å²) in [5.74, 6) is 0.326. The molecule has 0 spiro atoms. The van der Waals surface area contributed by atoms with E-state index >= 15 is 0 Å². The van der Waals surface area contributed by atoms with Crippen molar-refractivity contribution in [3.05, 3.63) is 29.6 Å². The minimum absolute atomic E-state index is 0.140. The van der Waals surface area contributed by atoms with E-state index in [4.69, 9.17) is 4.74 Å². The van der Waals surface area contributed by atoms with Crippen LogP contribution in [0.2, 0.25) is 0 Å². The van der Waals surface area contributed by atoms with E-state index in [-0.39, 0.29) is 5.91 Å². The van der Waals surface area contributed by atoms with Crippen LogP contribution in [-0.2, 0) is 11.8 Å². The van der Waals surface area contributed by atoms with Crippen LogP contribution in [0.1, 0.15) is 16.9 Å². The number of aryl methyl sites for hydroxylation is 1. The van der Waals surface area contributed by atoms with Crippen molar-refractivity contribution in [2.24, 2.45) is 7.05 Å². The standard InChI is InChI=1S/C13H16N6O2/c1-19-7-10(12-15-17-18-16-12)5-11(19)13(20)14-6-9-3-2-4-21-8-9/h3,5,7H,2,4,6,8H2,1H3,(H,14,20)(H,15,16,17,18). The Labute approximate surface area is 121 Å². The van der Waals surface area contributed by atoms with E-state index in [1.54, 1.807) is 16.8 Å². The van der Waals surface area contributed by atoms with Crippen LogP contribution in [0, 0.1) is 0 Å². The minimum Gasteiger partial charge on any atom is -0.377 e. The quantitative estimate of drug-likeness (QED) is 0.788. The zero-order valence-electron chi connectivity index (χ0n) is 11.7. The summed E-state index contributed by atoms with van der Waals surface area (Å²) in [6.07, 6.45) is 4.81. The van der Waals surface area contributed by atoms with Crippen LogP contribution in [0.25, 0.3) is 11.4 Å². The molecule has 2 aromatic heterocycles. The maximum atomic E-state index is 12.2. The smallest absolute Gasteiger partial charge is 0.268 e. The van der Waals surface area contributed by atoms with Gasteiger partial charge in [0.2, 0.25) is 5.82 Å². The molecule has 0 fully saturated rings. The average Bonchev–Trinajstić information content (AvgIpc) is 3.15. The zero-order chi connectivity index (χ0) is 14.7. The van der Waals surface area contributed by atoms with Crippen LogP contribution in [-0.4, -0.2) is 50.9 Å². The highest BCUT2D eigenvalue weighted by Gasteiger charge is 2.15. The second-order valence-electron chi connectivity index (χ2n) is 4.85. The first kappa shape index (κ1) is 13.5. The fourth-order valence-corrected chi connectivity index (χ4v) is 2.21. The topological polar surface area (TPSA) is 97.7 Å². The first-order valence-corrected chi connectivity index (χ1v) is 6.68. The Balaban J connectivity index is 1.68. The summed E-state index contributed by atoms with van der Waals surface area (Å²) in [6, 6.07) is 1.74. The van der Waals surface area contributed by atoms with Gasteiger partial charge in [0.25, 0.3) is 5.91 Å². The Morgan fingerprint density at radius 2 is 2.48 bits per heavy atom. The summed E-state index contributed by atoms with van der Waals surface area (Å²) in [4.78, 5) is 12.2. The van der Waals surface area contributed by atoms with E-state index in [1.165, 1.54) is 0 Å². The van der Waals surface area contributed by atoms with Crippen molar-refractivity contribution in [3.8, 4) is 11.4 Å². The van der Waals surface area contributed by atoms with Gasteiger partial charge < -0.3 is 14.6 Å². The highest BCUT2D eigenvalue weighted by atomic mass is 16.5. The number of hydrogen-bond acceptors (Lipinski definition) is 5. The number of nitrogens with one attached hydrogen (secondary N) is 2. The third-order valence-electron chi connectivity index (χ3n) is 3.30. The minimum atomic E-state index is -0.140. The number of ether oxygens (including phenoxy) is 1. The van der Waals surface area contributed by atoms with Gasteiger partial charge >= 0.3 is 0 Å². The predicted molar refractivity (Wildman–Crippen MR) is 74.4 cm³/mol. The molecule has 3 rings (SSSR count). The molecule has 2 N–H and O–H groups in total. The maximum absolute atomic E-state index is 12.2. The number of carbonyl (C=O) groups excluding carboxylic acids is 1. The van der Waals surface area contributed by atoms with Gasteiger partial charge in [0.05, 0.1) is 13.2 Å². The highest BCUT2D eigenvalue weighted by molar-refractivity contribution is 5.94. The molecular weight excluding hydrogens is 272 g/mol. The molecule has 0 atom stereocenters. The van der Waals surface area contributed by atoms with Gasteiger partial charge in [-0.2, -0.15) is 5.21 Å². The van der Waals surface area contributed by atoms with E-state index in [1.807, 2.05) is 7.05 Å². The van der Waals surface area contributed by atoms with Crippen LogP contribution in [0.3, 0.4) is 0 Å². The van der Waals surface area contributed by atoms with Crippen molar-refractivity contribution < 1.29 is 9.53 Å². The van der Waals surface area contributed by atoms with E-state index in [2.05, 4.69) is 32.0 Å². The number of tetrazole rings is 1. The summed E-state index contributed by atoms with van der Waals surface area (Å²) in [7, 11) is 1.81. The zero-order valence-corrected chi connectivity index (χ0v) is 11.7. The summed E-state index contributed by atoms with van der Waals surface area (Å²) in [5, 5.41) is 16.6. The Kier molecular flexibility index (Phi) is 3.78. The molecule has 2 aromatic rings. The van der Waals surface area contributed by atoms with Crippen molar-refractivity contribution in [3.63, 3.8) is 0 Å². The largest absolute Gasteiger partial charge is 0.377 e. The molecule has 1 aliphatic rings. The summed E-state index contributed by atoms with van der Waals surface area (Å²) in [5.41, 5.74) is 2.39. The fourth-order valence-electron chi connectivity index (χ4n) is 2.21. The number of aromatic amines is 1. The lowest BCUT2D eigenvalue weighted by Crippen LogP contribution is -2.29. The number of H-pyrrole nitrogens is 1. The molecule has 0 unspecified atom stereocenters. The molecule has 0 saturated heterocycles. The number of aromatic nitrogens is 5. The van der Waals surface area contributed by atoms with Crippen molar-refractivity contribution in [1.82, 2.24) is 30.5 Å². The average molecular weight is 288 g/mol. The normalized spacial score (nSPS) is 14.8. The second kappa shape index (κ2) is 5.88. The molecule has 1 amide bonds. The molecule has 0 aromatic carbocycles. The van der Waals surface area contributed by atoms with Gasteiger partial charge in [-0.15, -0.1) is 10.2 Å². The Morgan fingerprint density at radius 1 is 1.57 bits per heavy atom. The monoisotopic (exact) mass is 288 g/mol. The van der Waals surface area contributed by atoms with Crippen LogP contribution in [0.5, 0.6) is 0 Å². The Bertz CT molecular complexity index is 658.